The van der Waals surface area contributed by atoms with Crippen LogP contribution in [0, 0.1) is 0 Å². The first-order valence-corrected chi connectivity index (χ1v) is 6.81. The molecule has 1 unspecified atom stereocenters. The maximum absolute atomic E-state index is 9.89. The predicted octanol–water partition coefficient (Wildman–Crippen LogP) is 0.958. The van der Waals surface area contributed by atoms with Crippen LogP contribution in [0.2, 0.25) is 0 Å². The van der Waals surface area contributed by atoms with Gasteiger partial charge in [0.2, 0.25) is 0 Å². The van der Waals surface area contributed by atoms with Crippen molar-refractivity contribution < 1.29 is 14.6 Å². The second kappa shape index (κ2) is 7.66. The zero-order valence-corrected chi connectivity index (χ0v) is 12.3. The first-order valence-electron chi connectivity index (χ1n) is 6.81. The lowest BCUT2D eigenvalue weighted by molar-refractivity contribution is 0.106. The molecule has 2 N–H and O–H groups in total. The molecule has 21 heavy (non-hydrogen) atoms. The van der Waals surface area contributed by atoms with Crippen LogP contribution < -0.4 is 14.8 Å². The Morgan fingerprint density at radius 3 is 2.86 bits per heavy atom. The second-order valence-corrected chi connectivity index (χ2v) is 4.72. The normalized spacial score (nSPS) is 12.1. The largest absolute Gasteiger partial charge is 0.497 e. The zero-order chi connectivity index (χ0) is 15.1. The highest BCUT2D eigenvalue weighted by Crippen LogP contribution is 2.18. The van der Waals surface area contributed by atoms with E-state index in [1.807, 2.05) is 31.3 Å². The SMILES string of the molecule is COc1cccc(OCC(O)CNCc2ccnn2C)c1. The second-order valence-electron chi connectivity index (χ2n) is 4.72. The quantitative estimate of drug-likeness (QED) is 0.758. The van der Waals surface area contributed by atoms with Crippen LogP contribution in [0.25, 0.3) is 0 Å². The molecule has 0 radical (unpaired) electrons. The van der Waals surface area contributed by atoms with E-state index in [1.54, 1.807) is 24.1 Å². The molecular weight excluding hydrogens is 270 g/mol. The fourth-order valence-electron chi connectivity index (χ4n) is 1.88. The van der Waals surface area contributed by atoms with Gasteiger partial charge in [-0.15, -0.1) is 0 Å². The van der Waals surface area contributed by atoms with E-state index in [0.717, 1.165) is 11.4 Å². The van der Waals surface area contributed by atoms with Gasteiger partial charge < -0.3 is 19.9 Å². The predicted molar refractivity (Wildman–Crippen MR) is 79.4 cm³/mol. The molecule has 6 heteroatoms. The van der Waals surface area contributed by atoms with Gasteiger partial charge in [0.1, 0.15) is 24.2 Å². The van der Waals surface area contributed by atoms with Gasteiger partial charge in [0.15, 0.2) is 0 Å². The van der Waals surface area contributed by atoms with Crippen molar-refractivity contribution in [1.29, 1.82) is 0 Å². The monoisotopic (exact) mass is 291 g/mol. The summed E-state index contributed by atoms with van der Waals surface area (Å²) in [6.07, 6.45) is 1.17. The third kappa shape index (κ3) is 4.77. The lowest BCUT2D eigenvalue weighted by atomic mass is 10.3. The number of nitrogens with zero attached hydrogens (tertiary/aromatic N) is 2. The van der Waals surface area contributed by atoms with Crippen molar-refractivity contribution in [2.75, 3.05) is 20.3 Å². The molecule has 114 valence electrons. The summed E-state index contributed by atoms with van der Waals surface area (Å²) < 4.78 is 12.4. The smallest absolute Gasteiger partial charge is 0.123 e. The van der Waals surface area contributed by atoms with E-state index in [0.29, 0.717) is 18.8 Å². The third-order valence-electron chi connectivity index (χ3n) is 3.09. The molecule has 1 heterocycles. The number of hydrogen-bond acceptors (Lipinski definition) is 5. The highest BCUT2D eigenvalue weighted by molar-refractivity contribution is 5.32. The van der Waals surface area contributed by atoms with Crippen molar-refractivity contribution >= 4 is 0 Å². The van der Waals surface area contributed by atoms with Gasteiger partial charge in [0, 0.05) is 32.4 Å². The molecule has 6 nitrogen and oxygen atoms in total. The van der Waals surface area contributed by atoms with Crippen LogP contribution >= 0.6 is 0 Å². The number of aliphatic hydroxyl groups is 1. The van der Waals surface area contributed by atoms with Crippen molar-refractivity contribution in [3.05, 3.63) is 42.2 Å². The van der Waals surface area contributed by atoms with Crippen molar-refractivity contribution in [2.45, 2.75) is 12.6 Å². The fourth-order valence-corrected chi connectivity index (χ4v) is 1.88. The van der Waals surface area contributed by atoms with Gasteiger partial charge in [-0.05, 0) is 18.2 Å². The van der Waals surface area contributed by atoms with Crippen molar-refractivity contribution in [3.63, 3.8) is 0 Å². The van der Waals surface area contributed by atoms with Gasteiger partial charge in [0.25, 0.3) is 0 Å². The van der Waals surface area contributed by atoms with E-state index in [1.165, 1.54) is 0 Å². The Morgan fingerprint density at radius 2 is 2.14 bits per heavy atom. The molecule has 0 saturated carbocycles. The van der Waals surface area contributed by atoms with E-state index >= 15 is 0 Å². The molecule has 0 aliphatic carbocycles. The van der Waals surface area contributed by atoms with Gasteiger partial charge >= 0.3 is 0 Å². The molecule has 1 aromatic carbocycles. The van der Waals surface area contributed by atoms with Gasteiger partial charge in [-0.25, -0.2) is 0 Å². The molecule has 0 amide bonds. The summed E-state index contributed by atoms with van der Waals surface area (Å²) in [4.78, 5) is 0. The van der Waals surface area contributed by atoms with E-state index in [2.05, 4.69) is 10.4 Å². The number of hydrogen-bond donors (Lipinski definition) is 2. The summed E-state index contributed by atoms with van der Waals surface area (Å²) >= 11 is 0. The summed E-state index contributed by atoms with van der Waals surface area (Å²) in [5.41, 5.74) is 1.07. The van der Waals surface area contributed by atoms with Crippen LogP contribution in [-0.4, -0.2) is 41.3 Å². The molecular formula is C15H21N3O3. The Morgan fingerprint density at radius 1 is 1.33 bits per heavy atom. The number of methoxy groups -OCH3 is 1. The number of aliphatic hydroxyl groups excluding tert-OH is 1. The Kier molecular flexibility index (Phi) is 5.59. The molecule has 0 spiro atoms. The van der Waals surface area contributed by atoms with Crippen LogP contribution in [0.5, 0.6) is 11.5 Å². The Bertz CT molecular complexity index is 557. The number of ether oxygens (including phenoxy) is 2. The first kappa shape index (κ1) is 15.3. The minimum absolute atomic E-state index is 0.228. The molecule has 0 aliphatic rings. The highest BCUT2D eigenvalue weighted by Gasteiger charge is 2.06. The number of benzene rings is 1. The molecule has 2 aromatic rings. The van der Waals surface area contributed by atoms with Crippen LogP contribution in [0.1, 0.15) is 5.69 Å². The highest BCUT2D eigenvalue weighted by atomic mass is 16.5. The van der Waals surface area contributed by atoms with E-state index in [9.17, 15) is 5.11 Å². The summed E-state index contributed by atoms with van der Waals surface area (Å²) in [5.74, 6) is 1.41. The summed E-state index contributed by atoms with van der Waals surface area (Å²) in [6.45, 7) is 1.34. The van der Waals surface area contributed by atoms with Crippen LogP contribution in [0.4, 0.5) is 0 Å². The standard InChI is InChI=1S/C15H21N3O3/c1-18-12(6-7-17-18)9-16-10-13(19)11-21-15-5-3-4-14(8-15)20-2/h3-8,13,16,19H,9-11H2,1-2H3. The molecule has 0 bridgehead atoms. The average molecular weight is 291 g/mol. The number of aromatic nitrogens is 2. The summed E-state index contributed by atoms with van der Waals surface area (Å²) in [6, 6.07) is 9.25. The number of aryl methyl sites for hydroxylation is 1. The topological polar surface area (TPSA) is 68.5 Å². The Labute approximate surface area is 124 Å². The third-order valence-corrected chi connectivity index (χ3v) is 3.09. The number of nitrogens with one attached hydrogen (secondary N) is 1. The summed E-state index contributed by atoms with van der Waals surface area (Å²) in [5, 5.41) is 17.1. The Hall–Kier alpha value is -2.05. The molecule has 0 aliphatic heterocycles. The van der Waals surface area contributed by atoms with Gasteiger partial charge in [0.05, 0.1) is 12.8 Å². The van der Waals surface area contributed by atoms with Crippen molar-refractivity contribution in [3.8, 4) is 11.5 Å². The summed E-state index contributed by atoms with van der Waals surface area (Å²) in [7, 11) is 3.50. The van der Waals surface area contributed by atoms with E-state index in [4.69, 9.17) is 9.47 Å². The molecule has 1 atom stereocenters. The van der Waals surface area contributed by atoms with Crippen molar-refractivity contribution in [1.82, 2.24) is 15.1 Å². The van der Waals surface area contributed by atoms with Crippen LogP contribution in [0.15, 0.2) is 36.5 Å². The van der Waals surface area contributed by atoms with Crippen LogP contribution in [-0.2, 0) is 13.6 Å². The van der Waals surface area contributed by atoms with Gasteiger partial charge in [-0.2, -0.15) is 5.10 Å². The number of rotatable bonds is 8. The van der Waals surface area contributed by atoms with E-state index in [-0.39, 0.29) is 6.61 Å². The van der Waals surface area contributed by atoms with Crippen LogP contribution in [0.3, 0.4) is 0 Å². The molecule has 0 saturated heterocycles. The van der Waals surface area contributed by atoms with Crippen molar-refractivity contribution in [2.24, 2.45) is 7.05 Å². The minimum atomic E-state index is -0.579. The zero-order valence-electron chi connectivity index (χ0n) is 12.3. The average Bonchev–Trinajstić information content (AvgIpc) is 2.91. The molecule has 1 aromatic heterocycles. The minimum Gasteiger partial charge on any atom is -0.497 e. The lowest BCUT2D eigenvalue weighted by Crippen LogP contribution is -2.31. The molecule has 2 rings (SSSR count). The van der Waals surface area contributed by atoms with Gasteiger partial charge in [-0.1, -0.05) is 6.07 Å². The maximum Gasteiger partial charge on any atom is 0.123 e. The fraction of sp³-hybridized carbons (Fsp3) is 0.400. The first-order chi connectivity index (χ1) is 10.2. The Balaban J connectivity index is 1.69. The maximum atomic E-state index is 9.89. The van der Waals surface area contributed by atoms with E-state index < -0.39 is 6.10 Å². The lowest BCUT2D eigenvalue weighted by Gasteiger charge is -2.13. The van der Waals surface area contributed by atoms with Gasteiger partial charge in [-0.3, -0.25) is 4.68 Å². The molecule has 0 fully saturated rings.